The zero-order valence-electron chi connectivity index (χ0n) is 14.6. The van der Waals surface area contributed by atoms with Crippen LogP contribution in [0.4, 0.5) is 10.1 Å². The maximum Gasteiger partial charge on any atom is 0.253 e. The summed E-state index contributed by atoms with van der Waals surface area (Å²) in [5.74, 6) is -0.221. The number of hydrogen-bond acceptors (Lipinski definition) is 2. The van der Waals surface area contributed by atoms with Gasteiger partial charge in [-0.15, -0.1) is 0 Å². The smallest absolute Gasteiger partial charge is 0.253 e. The molecule has 1 aliphatic heterocycles. The molecular formula is C20H27ClFNO2. The summed E-state index contributed by atoms with van der Waals surface area (Å²) in [7, 11) is 0. The summed E-state index contributed by atoms with van der Waals surface area (Å²) in [5, 5.41) is 2.95. The standard InChI is InChI=1S/C20H27ClFNO2/c21-15-9-10-17(16(22)13-15)23-20(24)19-12-11-18(25-19)14-7-5-3-1-2-4-6-8-14/h9-10,13-14,18-19H,1-8,11-12H2,(H,23,24). The first-order valence-corrected chi connectivity index (χ1v) is 9.92. The fraction of sp³-hybridized carbons (Fsp3) is 0.650. The van der Waals surface area contributed by atoms with Crippen LogP contribution in [-0.4, -0.2) is 18.1 Å². The lowest BCUT2D eigenvalue weighted by Crippen LogP contribution is -2.30. The largest absolute Gasteiger partial charge is 0.365 e. The van der Waals surface area contributed by atoms with E-state index < -0.39 is 11.9 Å². The minimum atomic E-state index is -0.522. The normalized spacial score (nSPS) is 25.8. The maximum absolute atomic E-state index is 13.8. The molecule has 1 saturated heterocycles. The topological polar surface area (TPSA) is 38.3 Å². The van der Waals surface area contributed by atoms with Crippen molar-refractivity contribution in [1.82, 2.24) is 0 Å². The van der Waals surface area contributed by atoms with Crippen molar-refractivity contribution in [2.75, 3.05) is 5.32 Å². The Labute approximate surface area is 154 Å². The van der Waals surface area contributed by atoms with Crippen molar-refractivity contribution >= 4 is 23.2 Å². The molecule has 1 N–H and O–H groups in total. The van der Waals surface area contributed by atoms with Crippen molar-refractivity contribution in [1.29, 1.82) is 0 Å². The molecule has 138 valence electrons. The lowest BCUT2D eigenvalue weighted by Gasteiger charge is -2.23. The lowest BCUT2D eigenvalue weighted by molar-refractivity contribution is -0.128. The van der Waals surface area contributed by atoms with Gasteiger partial charge in [0.2, 0.25) is 0 Å². The fourth-order valence-electron chi connectivity index (χ4n) is 4.04. The van der Waals surface area contributed by atoms with Crippen molar-refractivity contribution < 1.29 is 13.9 Å². The van der Waals surface area contributed by atoms with Gasteiger partial charge in [-0.2, -0.15) is 0 Å². The third kappa shape index (κ3) is 5.18. The van der Waals surface area contributed by atoms with E-state index in [0.29, 0.717) is 17.4 Å². The first-order chi connectivity index (χ1) is 12.1. The molecule has 1 saturated carbocycles. The Bertz CT molecular complexity index is 585. The van der Waals surface area contributed by atoms with Crippen LogP contribution in [0.15, 0.2) is 18.2 Å². The number of halogens is 2. The molecule has 1 aromatic carbocycles. The van der Waals surface area contributed by atoms with Crippen molar-refractivity contribution in [3.05, 3.63) is 29.0 Å². The number of benzene rings is 1. The quantitative estimate of drug-likeness (QED) is 0.742. The highest BCUT2D eigenvalue weighted by molar-refractivity contribution is 6.30. The Morgan fingerprint density at radius 2 is 1.72 bits per heavy atom. The second-order valence-corrected chi connectivity index (χ2v) is 7.75. The Morgan fingerprint density at radius 3 is 2.40 bits per heavy atom. The van der Waals surface area contributed by atoms with E-state index in [1.807, 2.05) is 0 Å². The van der Waals surface area contributed by atoms with Crippen molar-refractivity contribution in [3.63, 3.8) is 0 Å². The first-order valence-electron chi connectivity index (χ1n) is 9.55. The summed E-state index contributed by atoms with van der Waals surface area (Å²) in [6, 6.07) is 4.25. The highest BCUT2D eigenvalue weighted by Gasteiger charge is 2.35. The summed E-state index contributed by atoms with van der Waals surface area (Å²) < 4.78 is 19.9. The average Bonchev–Trinajstić information content (AvgIpc) is 3.10. The minimum absolute atomic E-state index is 0.156. The van der Waals surface area contributed by atoms with Gasteiger partial charge < -0.3 is 10.1 Å². The maximum atomic E-state index is 13.8. The monoisotopic (exact) mass is 367 g/mol. The number of carbonyl (C=O) groups excluding carboxylic acids is 1. The number of amides is 1. The molecule has 2 aliphatic rings. The zero-order chi connectivity index (χ0) is 17.6. The van der Waals surface area contributed by atoms with E-state index in [9.17, 15) is 9.18 Å². The van der Waals surface area contributed by atoms with Gasteiger partial charge in [-0.3, -0.25) is 4.79 Å². The highest BCUT2D eigenvalue weighted by Crippen LogP contribution is 2.33. The van der Waals surface area contributed by atoms with E-state index in [1.165, 1.54) is 63.5 Å². The molecule has 0 radical (unpaired) electrons. The molecule has 2 unspecified atom stereocenters. The van der Waals surface area contributed by atoms with Gasteiger partial charge >= 0.3 is 0 Å². The van der Waals surface area contributed by atoms with E-state index >= 15 is 0 Å². The summed E-state index contributed by atoms with van der Waals surface area (Å²) in [6.45, 7) is 0. The molecule has 1 heterocycles. The summed E-state index contributed by atoms with van der Waals surface area (Å²) in [5.41, 5.74) is 0.156. The summed E-state index contributed by atoms with van der Waals surface area (Å²) in [4.78, 5) is 12.4. The number of ether oxygens (including phenoxy) is 1. The minimum Gasteiger partial charge on any atom is -0.365 e. The summed E-state index contributed by atoms with van der Waals surface area (Å²) in [6.07, 6.45) is 11.5. The molecule has 3 nitrogen and oxygen atoms in total. The third-order valence-electron chi connectivity index (χ3n) is 5.46. The number of hydrogen-bond donors (Lipinski definition) is 1. The van der Waals surface area contributed by atoms with Gasteiger partial charge in [-0.25, -0.2) is 4.39 Å². The van der Waals surface area contributed by atoms with Crippen LogP contribution >= 0.6 is 11.6 Å². The van der Waals surface area contributed by atoms with Gasteiger partial charge in [0.05, 0.1) is 11.8 Å². The first kappa shape index (κ1) is 18.7. The molecule has 0 aromatic heterocycles. The Kier molecular flexibility index (Phi) is 6.71. The van der Waals surface area contributed by atoms with Gasteiger partial charge in [0, 0.05) is 5.02 Å². The van der Waals surface area contributed by atoms with E-state index in [1.54, 1.807) is 6.07 Å². The van der Waals surface area contributed by atoms with Gasteiger partial charge in [0.1, 0.15) is 11.9 Å². The van der Waals surface area contributed by atoms with Gasteiger partial charge in [-0.1, -0.05) is 50.1 Å². The molecule has 1 aliphatic carbocycles. The van der Waals surface area contributed by atoms with E-state index in [4.69, 9.17) is 16.3 Å². The SMILES string of the molecule is O=C(Nc1ccc(Cl)cc1F)C1CCC(C2CCCCCCCC2)O1. The van der Waals surface area contributed by atoms with Crippen LogP contribution < -0.4 is 5.32 Å². The number of carbonyl (C=O) groups is 1. The van der Waals surface area contributed by atoms with Crippen LogP contribution in [0.25, 0.3) is 0 Å². The predicted molar refractivity (Wildman–Crippen MR) is 98.4 cm³/mol. The van der Waals surface area contributed by atoms with Crippen LogP contribution in [0.5, 0.6) is 0 Å². The molecule has 5 heteroatoms. The van der Waals surface area contributed by atoms with Crippen LogP contribution in [0.1, 0.15) is 64.2 Å². The molecule has 0 spiro atoms. The lowest BCUT2D eigenvalue weighted by atomic mass is 9.90. The predicted octanol–water partition coefficient (Wildman–Crippen LogP) is 5.72. The number of anilines is 1. The molecule has 2 atom stereocenters. The van der Waals surface area contributed by atoms with Crippen LogP contribution in [-0.2, 0) is 9.53 Å². The molecule has 3 rings (SSSR count). The van der Waals surface area contributed by atoms with Crippen LogP contribution in [0.2, 0.25) is 5.02 Å². The second-order valence-electron chi connectivity index (χ2n) is 7.31. The van der Waals surface area contributed by atoms with Crippen LogP contribution in [0, 0.1) is 11.7 Å². The fourth-order valence-corrected chi connectivity index (χ4v) is 4.20. The van der Waals surface area contributed by atoms with Crippen molar-refractivity contribution in [3.8, 4) is 0 Å². The van der Waals surface area contributed by atoms with Crippen molar-refractivity contribution in [2.24, 2.45) is 5.92 Å². The second kappa shape index (κ2) is 9.00. The molecule has 2 fully saturated rings. The molecule has 25 heavy (non-hydrogen) atoms. The zero-order valence-corrected chi connectivity index (χ0v) is 15.4. The highest BCUT2D eigenvalue weighted by atomic mass is 35.5. The average molecular weight is 368 g/mol. The third-order valence-corrected chi connectivity index (χ3v) is 5.69. The summed E-state index contributed by atoms with van der Waals surface area (Å²) >= 11 is 5.74. The van der Waals surface area contributed by atoms with Crippen molar-refractivity contribution in [2.45, 2.75) is 76.4 Å². The molecule has 0 bridgehead atoms. The van der Waals surface area contributed by atoms with Gasteiger partial charge in [0.25, 0.3) is 5.91 Å². The van der Waals surface area contributed by atoms with E-state index in [0.717, 1.165) is 6.42 Å². The number of rotatable bonds is 3. The Morgan fingerprint density at radius 1 is 1.04 bits per heavy atom. The van der Waals surface area contributed by atoms with E-state index in [-0.39, 0.29) is 17.7 Å². The molecular weight excluding hydrogens is 341 g/mol. The Balaban J connectivity index is 1.55. The number of nitrogens with one attached hydrogen (secondary N) is 1. The van der Waals surface area contributed by atoms with Gasteiger partial charge in [-0.05, 0) is 49.8 Å². The molecule has 1 aromatic rings. The van der Waals surface area contributed by atoms with E-state index in [2.05, 4.69) is 5.32 Å². The van der Waals surface area contributed by atoms with Crippen LogP contribution in [0.3, 0.4) is 0 Å². The molecule has 1 amide bonds. The van der Waals surface area contributed by atoms with Gasteiger partial charge in [0.15, 0.2) is 0 Å². The Hall–Kier alpha value is -1.13.